The molecule has 0 radical (unpaired) electrons. The fourth-order valence-electron chi connectivity index (χ4n) is 2.23. The van der Waals surface area contributed by atoms with Crippen LogP contribution in [0.5, 0.6) is 11.5 Å². The van der Waals surface area contributed by atoms with Crippen LogP contribution in [0.3, 0.4) is 0 Å². The van der Waals surface area contributed by atoms with Gasteiger partial charge in [0, 0.05) is 5.02 Å². The average molecular weight is 436 g/mol. The Kier molecular flexibility index (Phi) is 8.23. The van der Waals surface area contributed by atoms with E-state index in [1.807, 2.05) is 20.8 Å². The second-order valence-electron chi connectivity index (χ2n) is 6.32. The van der Waals surface area contributed by atoms with Gasteiger partial charge in [-0.2, -0.15) is 0 Å². The van der Waals surface area contributed by atoms with E-state index in [-0.39, 0.29) is 17.8 Å². The number of para-hydroxylation sites is 1. The minimum absolute atomic E-state index is 0.0648. The molecule has 29 heavy (non-hydrogen) atoms. The van der Waals surface area contributed by atoms with Gasteiger partial charge in [-0.1, -0.05) is 23.7 Å². The third-order valence-corrected chi connectivity index (χ3v) is 4.16. The normalized spacial score (nSPS) is 10.2. The van der Waals surface area contributed by atoms with Crippen LogP contribution in [0.25, 0.3) is 0 Å². The molecule has 0 aliphatic carbocycles. The molecule has 7 nitrogen and oxygen atoms in total. The fourth-order valence-corrected chi connectivity index (χ4v) is 2.49. The smallest absolute Gasteiger partial charge is 0.276 e. The molecule has 0 saturated carbocycles. The van der Waals surface area contributed by atoms with Crippen LogP contribution in [-0.2, 0) is 4.79 Å². The number of hydrazine groups is 1. The third kappa shape index (κ3) is 7.24. The van der Waals surface area contributed by atoms with E-state index in [1.54, 1.807) is 42.5 Å². The first kappa shape index (κ1) is 22.4. The quantitative estimate of drug-likeness (QED) is 0.477. The van der Waals surface area contributed by atoms with Gasteiger partial charge in [-0.3, -0.25) is 25.8 Å². The van der Waals surface area contributed by atoms with Gasteiger partial charge in [0.05, 0.1) is 11.7 Å². The molecule has 0 aliphatic rings. The zero-order chi connectivity index (χ0) is 21.4. The number of ether oxygens (including phenoxy) is 2. The van der Waals surface area contributed by atoms with E-state index in [9.17, 15) is 9.59 Å². The summed E-state index contributed by atoms with van der Waals surface area (Å²) in [6.45, 7) is 5.33. The number of carbonyl (C=O) groups is 2. The van der Waals surface area contributed by atoms with E-state index in [1.165, 1.54) is 0 Å². The van der Waals surface area contributed by atoms with Crippen molar-refractivity contribution in [3.05, 3.63) is 58.6 Å². The monoisotopic (exact) mass is 435 g/mol. The van der Waals surface area contributed by atoms with E-state index in [4.69, 9.17) is 33.3 Å². The van der Waals surface area contributed by atoms with Crippen LogP contribution in [0, 0.1) is 6.92 Å². The van der Waals surface area contributed by atoms with Crippen molar-refractivity contribution in [2.45, 2.75) is 26.9 Å². The summed E-state index contributed by atoms with van der Waals surface area (Å²) in [7, 11) is 0. The van der Waals surface area contributed by atoms with E-state index >= 15 is 0 Å². The van der Waals surface area contributed by atoms with Crippen LogP contribution in [0.2, 0.25) is 5.02 Å². The second-order valence-corrected chi connectivity index (χ2v) is 7.13. The highest BCUT2D eigenvalue weighted by atomic mass is 35.5. The van der Waals surface area contributed by atoms with Crippen LogP contribution in [0.15, 0.2) is 42.5 Å². The van der Waals surface area contributed by atoms with Crippen LogP contribution < -0.4 is 25.6 Å². The van der Waals surface area contributed by atoms with Gasteiger partial charge in [-0.25, -0.2) is 0 Å². The van der Waals surface area contributed by atoms with Gasteiger partial charge in [-0.05, 0) is 68.9 Å². The highest BCUT2D eigenvalue weighted by Gasteiger charge is 2.14. The highest BCUT2D eigenvalue weighted by molar-refractivity contribution is 7.80. The number of rotatable bonds is 6. The van der Waals surface area contributed by atoms with E-state index in [0.717, 1.165) is 5.56 Å². The molecule has 0 unspecified atom stereocenters. The summed E-state index contributed by atoms with van der Waals surface area (Å²) in [6.07, 6.45) is -0.0854. The number of aryl methyl sites for hydroxylation is 1. The zero-order valence-corrected chi connectivity index (χ0v) is 17.8. The largest absolute Gasteiger partial charge is 0.490 e. The zero-order valence-electron chi connectivity index (χ0n) is 16.2. The minimum atomic E-state index is -0.474. The first-order chi connectivity index (χ1) is 13.8. The number of halogens is 1. The number of hydrogen-bond donors (Lipinski definition) is 3. The predicted octanol–water partition coefficient (Wildman–Crippen LogP) is 3.15. The maximum atomic E-state index is 12.4. The summed E-state index contributed by atoms with van der Waals surface area (Å²) in [5.41, 5.74) is 5.99. The summed E-state index contributed by atoms with van der Waals surface area (Å²) >= 11 is 11.0. The van der Waals surface area contributed by atoms with Crippen molar-refractivity contribution in [3.63, 3.8) is 0 Å². The fraction of sp³-hybridized carbons (Fsp3) is 0.250. The first-order valence-corrected chi connectivity index (χ1v) is 9.59. The maximum Gasteiger partial charge on any atom is 0.276 e. The molecule has 0 atom stereocenters. The number of carbonyl (C=O) groups excluding carboxylic acids is 2. The number of nitrogens with one attached hydrogen (secondary N) is 3. The Morgan fingerprint density at radius 3 is 2.55 bits per heavy atom. The molecule has 2 rings (SSSR count). The Morgan fingerprint density at radius 1 is 1.14 bits per heavy atom. The lowest BCUT2D eigenvalue weighted by Crippen LogP contribution is -2.49. The number of hydrogen-bond acceptors (Lipinski definition) is 5. The lowest BCUT2D eigenvalue weighted by atomic mass is 10.2. The van der Waals surface area contributed by atoms with Crippen LogP contribution in [-0.4, -0.2) is 29.6 Å². The summed E-state index contributed by atoms with van der Waals surface area (Å²) in [6, 6.07) is 11.9. The van der Waals surface area contributed by atoms with Gasteiger partial charge in [0.15, 0.2) is 11.7 Å². The van der Waals surface area contributed by atoms with E-state index < -0.39 is 11.8 Å². The lowest BCUT2D eigenvalue weighted by molar-refractivity contribution is -0.123. The van der Waals surface area contributed by atoms with Crippen LogP contribution >= 0.6 is 23.8 Å². The van der Waals surface area contributed by atoms with Crippen molar-refractivity contribution in [1.29, 1.82) is 0 Å². The van der Waals surface area contributed by atoms with Crippen molar-refractivity contribution in [2.75, 3.05) is 6.61 Å². The van der Waals surface area contributed by atoms with E-state index in [0.29, 0.717) is 22.1 Å². The summed E-state index contributed by atoms with van der Waals surface area (Å²) < 4.78 is 11.0. The molecular formula is C20H22ClN3O4S. The SMILES string of the molecule is Cc1cc(OCC(=O)NNC(=S)NC(=O)c2ccccc2OC(C)C)ccc1Cl. The topological polar surface area (TPSA) is 88.7 Å². The van der Waals surface area contributed by atoms with Crippen LogP contribution in [0.1, 0.15) is 29.8 Å². The molecule has 154 valence electrons. The predicted molar refractivity (Wildman–Crippen MR) is 115 cm³/mol. The lowest BCUT2D eigenvalue weighted by Gasteiger charge is -2.15. The average Bonchev–Trinajstić information content (AvgIpc) is 2.67. The van der Waals surface area contributed by atoms with Gasteiger partial charge in [-0.15, -0.1) is 0 Å². The molecule has 0 spiro atoms. The molecule has 0 aliphatic heterocycles. The van der Waals surface area contributed by atoms with Crippen molar-refractivity contribution >= 4 is 40.7 Å². The maximum absolute atomic E-state index is 12.4. The summed E-state index contributed by atoms with van der Waals surface area (Å²) in [5.74, 6) is 0.0248. The summed E-state index contributed by atoms with van der Waals surface area (Å²) in [5, 5.41) is 3.03. The molecule has 0 saturated heterocycles. The van der Waals surface area contributed by atoms with Gasteiger partial charge >= 0.3 is 0 Å². The molecular weight excluding hydrogens is 414 g/mol. The molecule has 0 bridgehead atoms. The molecule has 2 aromatic rings. The Morgan fingerprint density at radius 2 is 1.86 bits per heavy atom. The molecule has 3 N–H and O–H groups in total. The Hall–Kier alpha value is -2.84. The first-order valence-electron chi connectivity index (χ1n) is 8.81. The molecule has 0 heterocycles. The van der Waals surface area contributed by atoms with Gasteiger partial charge in [0.2, 0.25) is 0 Å². The summed E-state index contributed by atoms with van der Waals surface area (Å²) in [4.78, 5) is 24.3. The number of benzene rings is 2. The molecule has 0 fully saturated rings. The number of amides is 2. The third-order valence-electron chi connectivity index (χ3n) is 3.54. The van der Waals surface area contributed by atoms with Crippen molar-refractivity contribution in [3.8, 4) is 11.5 Å². The molecule has 9 heteroatoms. The van der Waals surface area contributed by atoms with Crippen molar-refractivity contribution in [2.24, 2.45) is 0 Å². The van der Waals surface area contributed by atoms with Crippen LogP contribution in [0.4, 0.5) is 0 Å². The van der Waals surface area contributed by atoms with Crippen molar-refractivity contribution in [1.82, 2.24) is 16.2 Å². The second kappa shape index (κ2) is 10.6. The Labute approximate surface area is 179 Å². The Balaban J connectivity index is 1.81. The van der Waals surface area contributed by atoms with Crippen molar-refractivity contribution < 1.29 is 19.1 Å². The molecule has 2 amide bonds. The number of thiocarbonyl (C=S) groups is 1. The van der Waals surface area contributed by atoms with Gasteiger partial charge in [0.25, 0.3) is 11.8 Å². The standard InChI is InChI=1S/C20H22ClN3O4S/c1-12(2)28-17-7-5-4-6-15(17)19(26)22-20(29)24-23-18(25)11-27-14-8-9-16(21)13(3)10-14/h4-10,12H,11H2,1-3H3,(H,23,25)(H2,22,24,26,29). The molecule has 2 aromatic carbocycles. The van der Waals surface area contributed by atoms with Gasteiger partial charge in [0.1, 0.15) is 11.5 Å². The van der Waals surface area contributed by atoms with Gasteiger partial charge < -0.3 is 9.47 Å². The minimum Gasteiger partial charge on any atom is -0.490 e. The Bertz CT molecular complexity index is 905. The van der Waals surface area contributed by atoms with E-state index in [2.05, 4.69) is 16.2 Å². The highest BCUT2D eigenvalue weighted by Crippen LogP contribution is 2.21. The molecule has 0 aromatic heterocycles.